The fourth-order valence-electron chi connectivity index (χ4n) is 4.15. The Morgan fingerprint density at radius 2 is 1.94 bits per heavy atom. The van der Waals surface area contributed by atoms with Gasteiger partial charge in [-0.3, -0.25) is 14.2 Å². The summed E-state index contributed by atoms with van der Waals surface area (Å²) in [6.45, 7) is 0.374. The van der Waals surface area contributed by atoms with Crippen molar-refractivity contribution in [2.45, 2.75) is 31.0 Å². The predicted molar refractivity (Wildman–Crippen MR) is 133 cm³/mol. The van der Waals surface area contributed by atoms with E-state index in [2.05, 4.69) is 5.32 Å². The van der Waals surface area contributed by atoms with Crippen molar-refractivity contribution in [3.63, 3.8) is 0 Å². The number of aryl methyl sites for hydroxylation is 2. The second-order valence-electron chi connectivity index (χ2n) is 7.79. The first-order valence-corrected chi connectivity index (χ1v) is 12.6. The van der Waals surface area contributed by atoms with Crippen LogP contribution >= 0.6 is 23.1 Å². The van der Waals surface area contributed by atoms with E-state index >= 15 is 0 Å². The van der Waals surface area contributed by atoms with Gasteiger partial charge in [0.05, 0.1) is 23.9 Å². The van der Waals surface area contributed by atoms with Gasteiger partial charge in [0.15, 0.2) is 5.16 Å². The normalized spacial score (nSPS) is 12.6. The zero-order chi connectivity index (χ0) is 22.8. The molecule has 0 radical (unpaired) electrons. The molecule has 5 rings (SSSR count). The molecule has 0 bridgehead atoms. The molecule has 8 heteroatoms. The number of thiophene rings is 1. The number of benzene rings is 2. The third-order valence-corrected chi connectivity index (χ3v) is 7.85. The molecule has 33 heavy (non-hydrogen) atoms. The number of carbonyl (C=O) groups excluding carboxylic acids is 1. The summed E-state index contributed by atoms with van der Waals surface area (Å²) in [5, 5.41) is 4.20. The molecular formula is C25H23N3O3S2. The van der Waals surface area contributed by atoms with Crippen LogP contribution in [0.3, 0.4) is 0 Å². The maximum atomic E-state index is 13.6. The summed E-state index contributed by atoms with van der Waals surface area (Å²) in [4.78, 5) is 33.1. The summed E-state index contributed by atoms with van der Waals surface area (Å²) in [5.41, 5.74) is 2.77. The zero-order valence-corrected chi connectivity index (χ0v) is 19.8. The average molecular weight is 478 g/mol. The minimum absolute atomic E-state index is 0.0532. The van der Waals surface area contributed by atoms with Gasteiger partial charge in [-0.15, -0.1) is 11.3 Å². The lowest BCUT2D eigenvalue weighted by Gasteiger charge is -2.13. The minimum Gasteiger partial charge on any atom is -0.496 e. The van der Waals surface area contributed by atoms with Gasteiger partial charge < -0.3 is 10.1 Å². The second kappa shape index (κ2) is 9.41. The van der Waals surface area contributed by atoms with Gasteiger partial charge in [0.2, 0.25) is 5.91 Å². The Labute approximate surface area is 199 Å². The van der Waals surface area contributed by atoms with E-state index in [-0.39, 0.29) is 17.2 Å². The number of ether oxygens (including phenoxy) is 1. The van der Waals surface area contributed by atoms with Crippen LogP contribution in [0.5, 0.6) is 5.75 Å². The summed E-state index contributed by atoms with van der Waals surface area (Å²) in [7, 11) is 1.61. The molecule has 0 atom stereocenters. The van der Waals surface area contributed by atoms with Crippen molar-refractivity contribution in [3.8, 4) is 11.4 Å². The highest BCUT2D eigenvalue weighted by Crippen LogP contribution is 2.36. The van der Waals surface area contributed by atoms with E-state index in [1.54, 1.807) is 23.0 Å². The SMILES string of the molecule is COc1ccccc1CNC(=O)CSc1nc2sc3c(c2c(=O)n1-c1ccccc1)CCC3. The van der Waals surface area contributed by atoms with E-state index in [4.69, 9.17) is 9.72 Å². The number of hydrogen-bond acceptors (Lipinski definition) is 6. The number of rotatable bonds is 7. The maximum absolute atomic E-state index is 13.6. The Morgan fingerprint density at radius 1 is 1.15 bits per heavy atom. The van der Waals surface area contributed by atoms with E-state index < -0.39 is 0 Å². The third kappa shape index (κ3) is 4.28. The van der Waals surface area contributed by atoms with Crippen LogP contribution in [0.25, 0.3) is 15.9 Å². The van der Waals surface area contributed by atoms with Crippen LogP contribution in [0.1, 0.15) is 22.4 Å². The van der Waals surface area contributed by atoms with Crippen LogP contribution < -0.4 is 15.6 Å². The Hall–Kier alpha value is -3.10. The van der Waals surface area contributed by atoms with Crippen molar-refractivity contribution in [1.29, 1.82) is 0 Å². The van der Waals surface area contributed by atoms with Crippen molar-refractivity contribution in [2.24, 2.45) is 0 Å². The maximum Gasteiger partial charge on any atom is 0.267 e. The second-order valence-corrected chi connectivity index (χ2v) is 9.81. The fraction of sp³-hybridized carbons (Fsp3) is 0.240. The van der Waals surface area contributed by atoms with E-state index in [0.29, 0.717) is 11.7 Å². The van der Waals surface area contributed by atoms with E-state index in [1.807, 2.05) is 54.6 Å². The lowest BCUT2D eigenvalue weighted by molar-refractivity contribution is -0.118. The van der Waals surface area contributed by atoms with Crippen LogP contribution in [0, 0.1) is 0 Å². The van der Waals surface area contributed by atoms with Gasteiger partial charge in [-0.1, -0.05) is 48.2 Å². The number of para-hydroxylation sites is 2. The number of nitrogens with one attached hydrogen (secondary N) is 1. The molecule has 0 fully saturated rings. The molecule has 6 nitrogen and oxygen atoms in total. The number of nitrogens with zero attached hydrogens (tertiary/aromatic N) is 2. The van der Waals surface area contributed by atoms with Gasteiger partial charge in [-0.25, -0.2) is 4.98 Å². The summed E-state index contributed by atoms with van der Waals surface area (Å²) < 4.78 is 6.99. The standard InChI is InChI=1S/C25H23N3O3S2/c1-31-19-12-6-5-8-16(19)14-26-21(29)15-32-25-27-23-22(18-11-7-13-20(18)33-23)24(30)28(25)17-9-3-2-4-10-17/h2-6,8-10,12H,7,11,13-15H2,1H3,(H,26,29). The number of fused-ring (bicyclic) bond motifs is 3. The van der Waals surface area contributed by atoms with Gasteiger partial charge in [0, 0.05) is 17.0 Å². The van der Waals surface area contributed by atoms with E-state index in [1.165, 1.54) is 16.6 Å². The predicted octanol–water partition coefficient (Wildman–Crippen LogP) is 4.35. The lowest BCUT2D eigenvalue weighted by atomic mass is 10.2. The number of carbonyl (C=O) groups is 1. The highest BCUT2D eigenvalue weighted by Gasteiger charge is 2.24. The Kier molecular flexibility index (Phi) is 6.20. The number of amides is 1. The van der Waals surface area contributed by atoms with E-state index in [9.17, 15) is 9.59 Å². The molecule has 4 aromatic rings. The summed E-state index contributed by atoms with van der Waals surface area (Å²) in [5.74, 6) is 0.764. The lowest BCUT2D eigenvalue weighted by Crippen LogP contribution is -2.26. The number of hydrogen-bond donors (Lipinski definition) is 1. The van der Waals surface area contributed by atoms with Crippen LogP contribution in [0.4, 0.5) is 0 Å². The highest BCUT2D eigenvalue weighted by molar-refractivity contribution is 7.99. The van der Waals surface area contributed by atoms with Crippen LogP contribution in [-0.4, -0.2) is 28.3 Å². The number of aromatic nitrogens is 2. The highest BCUT2D eigenvalue weighted by atomic mass is 32.2. The first-order valence-electron chi connectivity index (χ1n) is 10.8. The number of thioether (sulfide) groups is 1. The van der Waals surface area contributed by atoms with Crippen molar-refractivity contribution in [2.75, 3.05) is 12.9 Å². The van der Waals surface area contributed by atoms with E-state index in [0.717, 1.165) is 52.0 Å². The average Bonchev–Trinajstić information content (AvgIpc) is 3.43. The Bertz CT molecular complexity index is 1380. The molecule has 0 unspecified atom stereocenters. The first-order chi connectivity index (χ1) is 16.2. The summed E-state index contributed by atoms with van der Waals surface area (Å²) >= 11 is 2.89. The van der Waals surface area contributed by atoms with Crippen molar-refractivity contribution < 1.29 is 9.53 Å². The Balaban J connectivity index is 1.42. The van der Waals surface area contributed by atoms with Crippen LogP contribution in [0.15, 0.2) is 64.5 Å². The van der Waals surface area contributed by atoms with Crippen LogP contribution in [0.2, 0.25) is 0 Å². The molecule has 1 aliphatic carbocycles. The quantitative estimate of drug-likeness (QED) is 0.316. The van der Waals surface area contributed by atoms with Crippen molar-refractivity contribution >= 4 is 39.2 Å². The molecule has 1 aliphatic rings. The molecule has 0 spiro atoms. The van der Waals surface area contributed by atoms with Gasteiger partial charge in [0.25, 0.3) is 5.56 Å². The topological polar surface area (TPSA) is 73.2 Å². The molecule has 2 heterocycles. The molecule has 2 aromatic carbocycles. The zero-order valence-electron chi connectivity index (χ0n) is 18.2. The number of methoxy groups -OCH3 is 1. The van der Waals surface area contributed by atoms with Gasteiger partial charge in [0.1, 0.15) is 10.6 Å². The Morgan fingerprint density at radius 3 is 2.76 bits per heavy atom. The minimum atomic E-state index is -0.131. The molecule has 0 saturated carbocycles. The smallest absolute Gasteiger partial charge is 0.267 e. The van der Waals surface area contributed by atoms with Crippen molar-refractivity contribution in [3.05, 3.63) is 81.0 Å². The molecule has 0 saturated heterocycles. The first kappa shape index (κ1) is 21.7. The monoisotopic (exact) mass is 477 g/mol. The van der Waals surface area contributed by atoms with Gasteiger partial charge in [-0.05, 0) is 43.0 Å². The van der Waals surface area contributed by atoms with Gasteiger partial charge in [-0.2, -0.15) is 0 Å². The fourth-order valence-corrected chi connectivity index (χ4v) is 6.30. The summed E-state index contributed by atoms with van der Waals surface area (Å²) in [6, 6.07) is 17.1. The molecule has 168 valence electrons. The molecule has 1 N–H and O–H groups in total. The molecule has 1 amide bonds. The third-order valence-electron chi connectivity index (χ3n) is 5.72. The summed E-state index contributed by atoms with van der Waals surface area (Å²) in [6.07, 6.45) is 3.03. The van der Waals surface area contributed by atoms with Crippen LogP contribution in [-0.2, 0) is 24.2 Å². The molecule has 0 aliphatic heterocycles. The molecular weight excluding hydrogens is 454 g/mol. The van der Waals surface area contributed by atoms with Gasteiger partial charge >= 0.3 is 0 Å². The largest absolute Gasteiger partial charge is 0.496 e. The molecule has 2 aromatic heterocycles. The van der Waals surface area contributed by atoms with Crippen molar-refractivity contribution in [1.82, 2.24) is 14.9 Å².